The standard InChI is InChI=1S/C9H16O4S4/c1-5(7(10)11)16-17-9(2,8(12)13)3-6(15)4-14/h5-6,14-15H,3-4H2,1-2H3,(H,10,11)(H,12,13). The molecule has 100 valence electrons. The Morgan fingerprint density at radius 1 is 1.41 bits per heavy atom. The molecule has 0 aromatic rings. The van der Waals surface area contributed by atoms with Crippen LogP contribution in [0.2, 0.25) is 0 Å². The Hall–Kier alpha value is 0.340. The number of carbonyl (C=O) groups is 2. The zero-order valence-electron chi connectivity index (χ0n) is 9.49. The first-order valence-electron chi connectivity index (χ1n) is 4.82. The van der Waals surface area contributed by atoms with Crippen LogP contribution in [-0.4, -0.2) is 43.2 Å². The number of rotatable bonds is 8. The van der Waals surface area contributed by atoms with E-state index in [0.717, 1.165) is 21.6 Å². The molecule has 8 heteroatoms. The van der Waals surface area contributed by atoms with Crippen molar-refractivity contribution in [3.63, 3.8) is 0 Å². The first-order chi connectivity index (χ1) is 7.73. The van der Waals surface area contributed by atoms with Crippen molar-refractivity contribution in [2.24, 2.45) is 0 Å². The molecule has 0 aromatic carbocycles. The van der Waals surface area contributed by atoms with Gasteiger partial charge in [0.2, 0.25) is 0 Å². The topological polar surface area (TPSA) is 74.6 Å². The zero-order chi connectivity index (χ0) is 13.6. The van der Waals surface area contributed by atoms with E-state index in [2.05, 4.69) is 25.3 Å². The van der Waals surface area contributed by atoms with Gasteiger partial charge >= 0.3 is 11.9 Å². The minimum Gasteiger partial charge on any atom is -0.480 e. The van der Waals surface area contributed by atoms with Gasteiger partial charge in [-0.1, -0.05) is 21.6 Å². The molecule has 2 N–H and O–H groups in total. The minimum absolute atomic E-state index is 0.132. The van der Waals surface area contributed by atoms with Gasteiger partial charge in [-0.2, -0.15) is 25.3 Å². The van der Waals surface area contributed by atoms with Crippen molar-refractivity contribution < 1.29 is 19.8 Å². The van der Waals surface area contributed by atoms with E-state index in [-0.39, 0.29) is 5.25 Å². The zero-order valence-corrected chi connectivity index (χ0v) is 12.9. The third-order valence-corrected chi connectivity index (χ3v) is 6.66. The number of aliphatic carboxylic acids is 2. The molecule has 0 radical (unpaired) electrons. The van der Waals surface area contributed by atoms with Crippen molar-refractivity contribution in [3.8, 4) is 0 Å². The predicted molar refractivity (Wildman–Crippen MR) is 79.6 cm³/mol. The van der Waals surface area contributed by atoms with Crippen LogP contribution < -0.4 is 0 Å². The first-order valence-corrected chi connectivity index (χ1v) is 8.18. The molecule has 0 amide bonds. The maximum Gasteiger partial charge on any atom is 0.320 e. The molecular weight excluding hydrogens is 300 g/mol. The van der Waals surface area contributed by atoms with Crippen molar-refractivity contribution in [2.45, 2.75) is 35.5 Å². The number of thiol groups is 2. The highest BCUT2D eigenvalue weighted by Gasteiger charge is 2.37. The van der Waals surface area contributed by atoms with Crippen LogP contribution in [0.1, 0.15) is 20.3 Å². The monoisotopic (exact) mass is 316 g/mol. The molecular formula is C9H16O4S4. The quantitative estimate of drug-likeness (QED) is 0.407. The summed E-state index contributed by atoms with van der Waals surface area (Å²) >= 11 is 8.28. The smallest absolute Gasteiger partial charge is 0.320 e. The van der Waals surface area contributed by atoms with Crippen LogP contribution in [0.5, 0.6) is 0 Å². The van der Waals surface area contributed by atoms with Crippen LogP contribution in [0, 0.1) is 0 Å². The Balaban J connectivity index is 4.52. The average Bonchev–Trinajstić information content (AvgIpc) is 2.25. The predicted octanol–water partition coefficient (Wildman–Crippen LogP) is 2.30. The molecule has 3 unspecified atom stereocenters. The highest BCUT2D eigenvalue weighted by Crippen LogP contribution is 2.42. The summed E-state index contributed by atoms with van der Waals surface area (Å²) in [6.45, 7) is 3.10. The molecule has 0 saturated carbocycles. The minimum atomic E-state index is -1.05. The molecule has 0 heterocycles. The van der Waals surface area contributed by atoms with Gasteiger partial charge in [-0.05, 0) is 20.3 Å². The number of hydrogen-bond acceptors (Lipinski definition) is 6. The molecule has 0 fully saturated rings. The average molecular weight is 316 g/mol. The molecule has 0 bridgehead atoms. The van der Waals surface area contributed by atoms with Crippen LogP contribution in [0.15, 0.2) is 0 Å². The molecule has 0 aliphatic heterocycles. The molecule has 3 atom stereocenters. The summed E-state index contributed by atoms with van der Waals surface area (Å²) in [4.78, 5) is 21.9. The lowest BCUT2D eigenvalue weighted by Gasteiger charge is -2.26. The lowest BCUT2D eigenvalue weighted by molar-refractivity contribution is -0.139. The summed E-state index contributed by atoms with van der Waals surface area (Å²) < 4.78 is -1.05. The Kier molecular flexibility index (Phi) is 7.86. The van der Waals surface area contributed by atoms with Crippen LogP contribution in [0.3, 0.4) is 0 Å². The van der Waals surface area contributed by atoms with Gasteiger partial charge in [0.05, 0.1) is 0 Å². The fraction of sp³-hybridized carbons (Fsp3) is 0.778. The van der Waals surface area contributed by atoms with E-state index >= 15 is 0 Å². The lowest BCUT2D eigenvalue weighted by Crippen LogP contribution is -2.34. The van der Waals surface area contributed by atoms with E-state index in [1.807, 2.05) is 0 Å². The van der Waals surface area contributed by atoms with E-state index in [0.29, 0.717) is 12.2 Å². The van der Waals surface area contributed by atoms with Crippen molar-refractivity contribution in [2.75, 3.05) is 5.75 Å². The molecule has 0 spiro atoms. The third-order valence-electron chi connectivity index (χ3n) is 2.01. The van der Waals surface area contributed by atoms with Gasteiger partial charge < -0.3 is 10.2 Å². The van der Waals surface area contributed by atoms with Gasteiger partial charge in [-0.15, -0.1) is 0 Å². The van der Waals surface area contributed by atoms with Crippen molar-refractivity contribution in [3.05, 3.63) is 0 Å². The number of carboxylic acid groups (broad SMARTS) is 2. The summed E-state index contributed by atoms with van der Waals surface area (Å²) in [6.07, 6.45) is 0.332. The summed E-state index contributed by atoms with van der Waals surface area (Å²) in [5, 5.41) is 17.1. The van der Waals surface area contributed by atoms with E-state index in [1.54, 1.807) is 6.92 Å². The Bertz CT molecular complexity index is 286. The van der Waals surface area contributed by atoms with Gasteiger partial charge in [0.15, 0.2) is 0 Å². The van der Waals surface area contributed by atoms with Crippen molar-refractivity contribution in [1.82, 2.24) is 0 Å². The Morgan fingerprint density at radius 2 is 1.94 bits per heavy atom. The second kappa shape index (κ2) is 7.70. The van der Waals surface area contributed by atoms with Crippen LogP contribution in [-0.2, 0) is 9.59 Å². The molecule has 0 rings (SSSR count). The molecule has 0 aliphatic rings. The summed E-state index contributed by atoms with van der Waals surface area (Å²) in [6, 6.07) is 0. The van der Waals surface area contributed by atoms with Gasteiger partial charge in [-0.25, -0.2) is 0 Å². The van der Waals surface area contributed by atoms with Gasteiger partial charge in [-0.3, -0.25) is 9.59 Å². The van der Waals surface area contributed by atoms with Crippen LogP contribution in [0.4, 0.5) is 0 Å². The van der Waals surface area contributed by atoms with Gasteiger partial charge in [0, 0.05) is 11.0 Å². The first kappa shape index (κ1) is 17.3. The van der Waals surface area contributed by atoms with E-state index in [9.17, 15) is 14.7 Å². The largest absolute Gasteiger partial charge is 0.480 e. The Labute approximate surface area is 120 Å². The van der Waals surface area contributed by atoms with E-state index in [1.165, 1.54) is 6.92 Å². The van der Waals surface area contributed by atoms with Crippen LogP contribution in [0.25, 0.3) is 0 Å². The summed E-state index contributed by atoms with van der Waals surface area (Å²) in [7, 11) is 2.12. The maximum atomic E-state index is 11.2. The SMILES string of the molecule is CC(SSC(C)(CC(S)CS)C(=O)O)C(=O)O. The molecule has 17 heavy (non-hydrogen) atoms. The lowest BCUT2D eigenvalue weighted by atomic mass is 10.1. The van der Waals surface area contributed by atoms with Gasteiger partial charge in [0.1, 0.15) is 10.00 Å². The van der Waals surface area contributed by atoms with Gasteiger partial charge in [0.25, 0.3) is 0 Å². The summed E-state index contributed by atoms with van der Waals surface area (Å²) in [5.41, 5.74) is 0. The number of carboxylic acids is 2. The van der Waals surface area contributed by atoms with Crippen molar-refractivity contribution >= 4 is 58.8 Å². The highest BCUT2D eigenvalue weighted by atomic mass is 33.1. The van der Waals surface area contributed by atoms with E-state index < -0.39 is 21.9 Å². The number of hydrogen-bond donors (Lipinski definition) is 4. The summed E-state index contributed by atoms with van der Waals surface area (Å²) in [5.74, 6) is -1.44. The maximum absolute atomic E-state index is 11.2. The molecule has 0 aliphatic carbocycles. The van der Waals surface area contributed by atoms with Crippen LogP contribution >= 0.6 is 46.8 Å². The fourth-order valence-corrected chi connectivity index (χ4v) is 4.02. The fourth-order valence-electron chi connectivity index (χ4n) is 0.891. The molecule has 0 saturated heterocycles. The van der Waals surface area contributed by atoms with Crippen molar-refractivity contribution in [1.29, 1.82) is 0 Å². The third kappa shape index (κ3) is 6.17. The second-order valence-electron chi connectivity index (χ2n) is 3.74. The normalized spacial score (nSPS) is 18.1. The Morgan fingerprint density at radius 3 is 2.29 bits per heavy atom. The second-order valence-corrected chi connectivity index (χ2v) is 7.88. The highest BCUT2D eigenvalue weighted by molar-refractivity contribution is 8.77. The molecule has 4 nitrogen and oxygen atoms in total. The van der Waals surface area contributed by atoms with E-state index in [4.69, 9.17) is 5.11 Å². The molecule has 0 aromatic heterocycles.